The molecule has 0 saturated carbocycles. The number of likely N-dealkylation sites (N-methyl/N-ethyl adjacent to an activating group) is 1. The van der Waals surface area contributed by atoms with Crippen molar-refractivity contribution in [2.45, 2.75) is 25.0 Å². The Bertz CT molecular complexity index is 315. The summed E-state index contributed by atoms with van der Waals surface area (Å²) in [4.78, 5) is 0. The zero-order chi connectivity index (χ0) is 11.3. The number of nitrogens with one attached hydrogen (secondary N) is 1. The fourth-order valence-corrected chi connectivity index (χ4v) is 1.73. The Morgan fingerprint density at radius 1 is 1.44 bits per heavy atom. The van der Waals surface area contributed by atoms with Crippen molar-refractivity contribution in [2.24, 2.45) is 0 Å². The number of rotatable bonds is 5. The van der Waals surface area contributed by atoms with Crippen molar-refractivity contribution >= 4 is 12.4 Å². The maximum Gasteiger partial charge on any atom is 0.108 e. The lowest BCUT2D eigenvalue weighted by molar-refractivity contribution is 0.00780. The molecule has 0 aliphatic carbocycles. The topological polar surface area (TPSA) is 32.3 Å². The van der Waals surface area contributed by atoms with Crippen LogP contribution in [0.2, 0.25) is 0 Å². The summed E-state index contributed by atoms with van der Waals surface area (Å²) in [7, 11) is 1.85. The van der Waals surface area contributed by atoms with Crippen LogP contribution in [0, 0.1) is 0 Å². The fraction of sp³-hybridized carbons (Fsp3) is 0.385. The lowest BCUT2D eigenvalue weighted by Gasteiger charge is -2.33. The van der Waals surface area contributed by atoms with Gasteiger partial charge in [-0.05, 0) is 26.0 Å². The van der Waals surface area contributed by atoms with Crippen molar-refractivity contribution in [3.63, 3.8) is 0 Å². The highest BCUT2D eigenvalue weighted by atomic mass is 35.5. The van der Waals surface area contributed by atoms with Crippen LogP contribution < -0.4 is 5.32 Å². The zero-order valence-electron chi connectivity index (χ0n) is 9.81. The first-order valence-electron chi connectivity index (χ1n) is 5.21. The Balaban J connectivity index is 0.00000225. The molecule has 2 nitrogen and oxygen atoms in total. The highest BCUT2D eigenvalue weighted by Gasteiger charge is 2.33. The monoisotopic (exact) mass is 241 g/mol. The molecule has 0 aromatic heterocycles. The lowest BCUT2D eigenvalue weighted by Crippen LogP contribution is -2.44. The summed E-state index contributed by atoms with van der Waals surface area (Å²) < 4.78 is 0. The zero-order valence-corrected chi connectivity index (χ0v) is 10.6. The van der Waals surface area contributed by atoms with Gasteiger partial charge in [-0.2, -0.15) is 0 Å². The molecule has 90 valence electrons. The van der Waals surface area contributed by atoms with E-state index in [0.717, 1.165) is 5.56 Å². The molecular weight excluding hydrogens is 222 g/mol. The van der Waals surface area contributed by atoms with E-state index in [1.165, 1.54) is 0 Å². The Hall–Kier alpha value is -0.830. The van der Waals surface area contributed by atoms with Gasteiger partial charge in [-0.15, -0.1) is 19.0 Å². The van der Waals surface area contributed by atoms with Gasteiger partial charge >= 0.3 is 0 Å². The molecule has 0 aliphatic rings. The molecule has 3 heteroatoms. The Morgan fingerprint density at radius 3 is 2.44 bits per heavy atom. The molecule has 1 rings (SSSR count). The summed E-state index contributed by atoms with van der Waals surface area (Å²) >= 11 is 0. The molecule has 2 N–H and O–H groups in total. The van der Waals surface area contributed by atoms with Gasteiger partial charge in [0.15, 0.2) is 0 Å². The molecule has 0 heterocycles. The summed E-state index contributed by atoms with van der Waals surface area (Å²) in [5.41, 5.74) is 0.0457. The molecule has 2 atom stereocenters. The molecule has 0 saturated heterocycles. The van der Waals surface area contributed by atoms with Gasteiger partial charge in [0, 0.05) is 6.04 Å². The third kappa shape index (κ3) is 3.08. The van der Waals surface area contributed by atoms with E-state index in [1.807, 2.05) is 44.3 Å². The summed E-state index contributed by atoms with van der Waals surface area (Å²) in [5.74, 6) is 0. The molecule has 0 spiro atoms. The lowest BCUT2D eigenvalue weighted by atomic mass is 9.84. The Labute approximate surface area is 104 Å². The molecule has 2 unspecified atom stereocenters. The van der Waals surface area contributed by atoms with E-state index in [9.17, 15) is 5.11 Å². The highest BCUT2D eigenvalue weighted by Crippen LogP contribution is 2.28. The van der Waals surface area contributed by atoms with Crippen LogP contribution in [0.25, 0.3) is 0 Å². The molecular formula is C13H20ClNO. The van der Waals surface area contributed by atoms with Gasteiger partial charge in [0.25, 0.3) is 0 Å². The van der Waals surface area contributed by atoms with Crippen molar-refractivity contribution in [1.29, 1.82) is 0 Å². The molecule has 0 aliphatic heterocycles. The fourth-order valence-electron chi connectivity index (χ4n) is 1.73. The van der Waals surface area contributed by atoms with Crippen molar-refractivity contribution in [1.82, 2.24) is 5.32 Å². The predicted molar refractivity (Wildman–Crippen MR) is 70.9 cm³/mol. The smallest absolute Gasteiger partial charge is 0.108 e. The highest BCUT2D eigenvalue weighted by molar-refractivity contribution is 5.85. The van der Waals surface area contributed by atoms with E-state index in [4.69, 9.17) is 0 Å². The summed E-state index contributed by atoms with van der Waals surface area (Å²) in [6, 6.07) is 9.69. The number of benzene rings is 1. The average molecular weight is 242 g/mol. The van der Waals surface area contributed by atoms with Crippen molar-refractivity contribution < 1.29 is 5.11 Å². The normalized spacial score (nSPS) is 15.7. The van der Waals surface area contributed by atoms with Crippen LogP contribution in [0.5, 0.6) is 0 Å². The van der Waals surface area contributed by atoms with Gasteiger partial charge in [-0.3, -0.25) is 0 Å². The van der Waals surface area contributed by atoms with E-state index in [0.29, 0.717) is 6.42 Å². The van der Waals surface area contributed by atoms with Gasteiger partial charge in [-0.1, -0.05) is 36.4 Å². The molecule has 0 amide bonds. The second kappa shape index (κ2) is 6.69. The van der Waals surface area contributed by atoms with Crippen molar-refractivity contribution in [3.05, 3.63) is 48.6 Å². The maximum absolute atomic E-state index is 10.6. The Morgan fingerprint density at radius 2 is 2.00 bits per heavy atom. The van der Waals surface area contributed by atoms with Gasteiger partial charge in [0.1, 0.15) is 5.60 Å². The van der Waals surface area contributed by atoms with Gasteiger partial charge < -0.3 is 10.4 Å². The molecule has 1 aromatic rings. The number of hydrogen-bond donors (Lipinski definition) is 2. The standard InChI is InChI=1S/C13H19NO.ClH/c1-4-10-13(15,11(2)14-3)12-8-6-5-7-9-12;/h4-9,11,14-15H,1,10H2,2-3H3;1H. The average Bonchev–Trinajstić information content (AvgIpc) is 2.29. The number of halogens is 1. The number of aliphatic hydroxyl groups is 1. The summed E-state index contributed by atoms with van der Waals surface area (Å²) in [5, 5.41) is 13.7. The predicted octanol–water partition coefficient (Wildman–Crippen LogP) is 2.48. The minimum Gasteiger partial charge on any atom is -0.383 e. The molecule has 16 heavy (non-hydrogen) atoms. The van der Waals surface area contributed by atoms with Crippen molar-refractivity contribution in [2.75, 3.05) is 7.05 Å². The van der Waals surface area contributed by atoms with Gasteiger partial charge in [-0.25, -0.2) is 0 Å². The van der Waals surface area contributed by atoms with Crippen LogP contribution in [0.15, 0.2) is 43.0 Å². The van der Waals surface area contributed by atoms with E-state index in [-0.39, 0.29) is 18.4 Å². The molecule has 1 aromatic carbocycles. The third-order valence-corrected chi connectivity index (χ3v) is 2.88. The largest absolute Gasteiger partial charge is 0.383 e. The van der Waals surface area contributed by atoms with Crippen LogP contribution in [0.4, 0.5) is 0 Å². The van der Waals surface area contributed by atoms with Crippen LogP contribution in [0.1, 0.15) is 18.9 Å². The number of hydrogen-bond acceptors (Lipinski definition) is 2. The quantitative estimate of drug-likeness (QED) is 0.777. The first-order valence-corrected chi connectivity index (χ1v) is 5.21. The molecule has 0 radical (unpaired) electrons. The molecule has 0 fully saturated rings. The molecule has 0 bridgehead atoms. The van der Waals surface area contributed by atoms with E-state index in [2.05, 4.69) is 11.9 Å². The summed E-state index contributed by atoms with van der Waals surface area (Å²) in [6.07, 6.45) is 2.29. The Kier molecular flexibility index (Phi) is 6.34. The van der Waals surface area contributed by atoms with E-state index < -0.39 is 5.60 Å². The van der Waals surface area contributed by atoms with E-state index >= 15 is 0 Å². The second-order valence-electron chi connectivity index (χ2n) is 3.79. The third-order valence-electron chi connectivity index (χ3n) is 2.88. The van der Waals surface area contributed by atoms with Gasteiger partial charge in [0.05, 0.1) is 0 Å². The maximum atomic E-state index is 10.6. The van der Waals surface area contributed by atoms with E-state index in [1.54, 1.807) is 6.08 Å². The minimum atomic E-state index is -0.877. The second-order valence-corrected chi connectivity index (χ2v) is 3.79. The SMILES string of the molecule is C=CCC(O)(c1ccccc1)C(C)NC.Cl. The van der Waals surface area contributed by atoms with Crippen LogP contribution in [-0.4, -0.2) is 18.2 Å². The first kappa shape index (κ1) is 15.2. The van der Waals surface area contributed by atoms with Crippen LogP contribution in [0.3, 0.4) is 0 Å². The summed E-state index contributed by atoms with van der Waals surface area (Å²) in [6.45, 7) is 5.67. The van der Waals surface area contributed by atoms with Crippen LogP contribution >= 0.6 is 12.4 Å². The minimum absolute atomic E-state index is 0. The van der Waals surface area contributed by atoms with Crippen LogP contribution in [-0.2, 0) is 5.60 Å². The first-order chi connectivity index (χ1) is 7.15. The van der Waals surface area contributed by atoms with Crippen molar-refractivity contribution in [3.8, 4) is 0 Å². The van der Waals surface area contributed by atoms with Gasteiger partial charge in [0.2, 0.25) is 0 Å².